The molecule has 1 unspecified atom stereocenters. The van der Waals surface area contributed by atoms with Gasteiger partial charge in [0.05, 0.1) is 5.56 Å². The van der Waals surface area contributed by atoms with Crippen LogP contribution in [0, 0.1) is 0 Å². The standard InChI is InChI=1S/C14H17N3O3S/c15-12(19)8-5-6-10(18)17(8)14-11(13(16)20)7-3-1-2-4-9(7)21-14/h8H,1-6H2,(H2,15,19)(H2,16,20). The van der Waals surface area contributed by atoms with Gasteiger partial charge < -0.3 is 11.5 Å². The third kappa shape index (κ3) is 2.21. The van der Waals surface area contributed by atoms with Gasteiger partial charge in [-0.05, 0) is 37.7 Å². The van der Waals surface area contributed by atoms with Gasteiger partial charge in [-0.15, -0.1) is 11.3 Å². The number of hydrogen-bond donors (Lipinski definition) is 2. The van der Waals surface area contributed by atoms with E-state index in [9.17, 15) is 14.4 Å². The number of amides is 3. The first-order chi connectivity index (χ1) is 10.0. The van der Waals surface area contributed by atoms with Crippen molar-refractivity contribution in [1.29, 1.82) is 0 Å². The van der Waals surface area contributed by atoms with Crippen LogP contribution in [0.2, 0.25) is 0 Å². The first-order valence-electron chi connectivity index (χ1n) is 7.06. The van der Waals surface area contributed by atoms with Gasteiger partial charge in [0, 0.05) is 11.3 Å². The van der Waals surface area contributed by atoms with Crippen molar-refractivity contribution in [1.82, 2.24) is 0 Å². The summed E-state index contributed by atoms with van der Waals surface area (Å²) in [4.78, 5) is 38.1. The minimum absolute atomic E-state index is 0.167. The fraction of sp³-hybridized carbons (Fsp3) is 0.500. The summed E-state index contributed by atoms with van der Waals surface area (Å²) in [6, 6.07) is -0.671. The van der Waals surface area contributed by atoms with Crippen molar-refractivity contribution in [2.24, 2.45) is 11.5 Å². The van der Waals surface area contributed by atoms with E-state index in [0.717, 1.165) is 36.1 Å². The third-order valence-corrected chi connectivity index (χ3v) is 5.45. The normalized spacial score (nSPS) is 21.4. The van der Waals surface area contributed by atoms with E-state index in [0.29, 0.717) is 17.0 Å². The Morgan fingerprint density at radius 1 is 1.14 bits per heavy atom. The first kappa shape index (κ1) is 14.1. The molecule has 21 heavy (non-hydrogen) atoms. The molecule has 1 atom stereocenters. The van der Waals surface area contributed by atoms with Crippen LogP contribution >= 0.6 is 11.3 Å². The second kappa shape index (κ2) is 5.14. The molecule has 7 heteroatoms. The van der Waals surface area contributed by atoms with E-state index in [1.54, 1.807) is 0 Å². The topological polar surface area (TPSA) is 106 Å². The lowest BCUT2D eigenvalue weighted by molar-refractivity contribution is -0.121. The molecule has 0 saturated carbocycles. The number of nitrogens with zero attached hydrogens (tertiary/aromatic N) is 1. The fourth-order valence-electron chi connectivity index (χ4n) is 3.18. The Hall–Kier alpha value is -1.89. The van der Waals surface area contributed by atoms with Crippen LogP contribution < -0.4 is 16.4 Å². The smallest absolute Gasteiger partial charge is 0.252 e. The Bertz CT molecular complexity index is 638. The average molecular weight is 307 g/mol. The minimum Gasteiger partial charge on any atom is -0.368 e. The predicted molar refractivity (Wildman–Crippen MR) is 79.2 cm³/mol. The van der Waals surface area contributed by atoms with Gasteiger partial charge in [-0.3, -0.25) is 19.3 Å². The van der Waals surface area contributed by atoms with Gasteiger partial charge in [0.25, 0.3) is 5.91 Å². The molecule has 1 aromatic rings. The monoisotopic (exact) mass is 307 g/mol. The molecule has 2 aliphatic rings. The van der Waals surface area contributed by atoms with Crippen LogP contribution in [0.5, 0.6) is 0 Å². The molecule has 0 aromatic carbocycles. The molecule has 112 valence electrons. The summed E-state index contributed by atoms with van der Waals surface area (Å²) < 4.78 is 0. The number of anilines is 1. The van der Waals surface area contributed by atoms with Crippen molar-refractivity contribution in [3.63, 3.8) is 0 Å². The summed E-state index contributed by atoms with van der Waals surface area (Å²) in [6.45, 7) is 0. The van der Waals surface area contributed by atoms with Crippen molar-refractivity contribution in [3.05, 3.63) is 16.0 Å². The van der Waals surface area contributed by atoms with E-state index < -0.39 is 17.9 Å². The van der Waals surface area contributed by atoms with Crippen LogP contribution in [0.4, 0.5) is 5.00 Å². The first-order valence-corrected chi connectivity index (χ1v) is 7.88. The van der Waals surface area contributed by atoms with Crippen LogP contribution in [-0.2, 0) is 22.4 Å². The van der Waals surface area contributed by atoms with E-state index in [-0.39, 0.29) is 12.3 Å². The highest BCUT2D eigenvalue weighted by Crippen LogP contribution is 2.42. The van der Waals surface area contributed by atoms with Crippen molar-refractivity contribution < 1.29 is 14.4 Å². The number of nitrogens with two attached hydrogens (primary N) is 2. The van der Waals surface area contributed by atoms with Gasteiger partial charge in [0.1, 0.15) is 11.0 Å². The molecule has 0 radical (unpaired) electrons. The Kier molecular flexibility index (Phi) is 3.44. The molecule has 3 rings (SSSR count). The maximum atomic E-state index is 12.1. The number of aryl methyl sites for hydroxylation is 1. The zero-order valence-corrected chi connectivity index (χ0v) is 12.4. The maximum absolute atomic E-state index is 12.1. The van der Waals surface area contributed by atoms with Crippen LogP contribution in [0.3, 0.4) is 0 Å². The van der Waals surface area contributed by atoms with E-state index in [4.69, 9.17) is 11.5 Å². The quantitative estimate of drug-likeness (QED) is 0.858. The van der Waals surface area contributed by atoms with Gasteiger partial charge in [-0.2, -0.15) is 0 Å². The molecule has 4 N–H and O–H groups in total. The summed E-state index contributed by atoms with van der Waals surface area (Å²) >= 11 is 1.41. The van der Waals surface area contributed by atoms with Crippen LogP contribution in [0.1, 0.15) is 46.5 Å². The van der Waals surface area contributed by atoms with Gasteiger partial charge >= 0.3 is 0 Å². The average Bonchev–Trinajstić information content (AvgIpc) is 2.98. The van der Waals surface area contributed by atoms with Crippen molar-refractivity contribution in [3.8, 4) is 0 Å². The SMILES string of the molecule is NC(=O)c1c(N2C(=O)CCC2C(N)=O)sc2c1CCCC2. The van der Waals surface area contributed by atoms with Crippen molar-refractivity contribution in [2.75, 3.05) is 4.90 Å². The van der Waals surface area contributed by atoms with Gasteiger partial charge in [-0.25, -0.2) is 0 Å². The molecule has 3 amide bonds. The summed E-state index contributed by atoms with van der Waals surface area (Å²) in [6.07, 6.45) is 4.44. The number of primary amides is 2. The molecular formula is C14H17N3O3S. The Balaban J connectivity index is 2.13. The molecule has 6 nitrogen and oxygen atoms in total. The van der Waals surface area contributed by atoms with E-state index >= 15 is 0 Å². The third-order valence-electron chi connectivity index (χ3n) is 4.16. The number of rotatable bonds is 3. The highest BCUT2D eigenvalue weighted by Gasteiger charge is 2.40. The van der Waals surface area contributed by atoms with Gasteiger partial charge in [0.15, 0.2) is 0 Å². The Morgan fingerprint density at radius 2 is 1.86 bits per heavy atom. The lowest BCUT2D eigenvalue weighted by Crippen LogP contribution is -2.42. The molecule has 1 aliphatic heterocycles. The number of carbonyl (C=O) groups excluding carboxylic acids is 3. The molecule has 1 aliphatic carbocycles. The largest absolute Gasteiger partial charge is 0.368 e. The second-order valence-electron chi connectivity index (χ2n) is 5.48. The van der Waals surface area contributed by atoms with Crippen molar-refractivity contribution >= 4 is 34.1 Å². The predicted octanol–water partition coefficient (Wildman–Crippen LogP) is 0.706. The van der Waals surface area contributed by atoms with Crippen LogP contribution in [0.15, 0.2) is 0 Å². The molecule has 0 bridgehead atoms. The highest BCUT2D eigenvalue weighted by molar-refractivity contribution is 7.17. The number of carbonyl (C=O) groups is 3. The lowest BCUT2D eigenvalue weighted by Gasteiger charge is -2.21. The summed E-state index contributed by atoms with van der Waals surface area (Å²) in [5.74, 6) is -1.24. The maximum Gasteiger partial charge on any atom is 0.252 e. The Labute approximate surface area is 126 Å². The molecule has 1 fully saturated rings. The summed E-state index contributed by atoms with van der Waals surface area (Å²) in [5, 5.41) is 0.515. The summed E-state index contributed by atoms with van der Waals surface area (Å²) in [5.41, 5.74) is 12.3. The van der Waals surface area contributed by atoms with Gasteiger partial charge in [0.2, 0.25) is 11.8 Å². The zero-order valence-electron chi connectivity index (χ0n) is 11.6. The zero-order chi connectivity index (χ0) is 15.1. The molecule has 2 heterocycles. The number of thiophene rings is 1. The Morgan fingerprint density at radius 3 is 2.52 bits per heavy atom. The van der Waals surface area contributed by atoms with Crippen LogP contribution in [0.25, 0.3) is 0 Å². The van der Waals surface area contributed by atoms with E-state index in [1.807, 2.05) is 0 Å². The van der Waals surface area contributed by atoms with Gasteiger partial charge in [-0.1, -0.05) is 0 Å². The van der Waals surface area contributed by atoms with Crippen molar-refractivity contribution in [2.45, 2.75) is 44.6 Å². The van der Waals surface area contributed by atoms with Crippen LogP contribution in [-0.4, -0.2) is 23.8 Å². The minimum atomic E-state index is -0.671. The fourth-order valence-corrected chi connectivity index (χ4v) is 4.64. The number of fused-ring (bicyclic) bond motifs is 1. The van der Waals surface area contributed by atoms with E-state index in [1.165, 1.54) is 16.2 Å². The lowest BCUT2D eigenvalue weighted by atomic mass is 9.95. The number of hydrogen-bond acceptors (Lipinski definition) is 4. The summed E-state index contributed by atoms with van der Waals surface area (Å²) in [7, 11) is 0. The molecule has 1 saturated heterocycles. The molecule has 0 spiro atoms. The second-order valence-corrected chi connectivity index (χ2v) is 6.56. The highest BCUT2D eigenvalue weighted by atomic mass is 32.1. The van der Waals surface area contributed by atoms with E-state index in [2.05, 4.69) is 0 Å². The molecule has 1 aromatic heterocycles. The molecular weight excluding hydrogens is 290 g/mol.